The van der Waals surface area contributed by atoms with Crippen LogP contribution in [0.2, 0.25) is 0 Å². The molecule has 0 radical (unpaired) electrons. The van der Waals surface area contributed by atoms with E-state index in [2.05, 4.69) is 55.3 Å². The van der Waals surface area contributed by atoms with E-state index in [1.165, 1.54) is 12.1 Å². The van der Waals surface area contributed by atoms with Crippen molar-refractivity contribution in [2.45, 2.75) is 24.2 Å². The van der Waals surface area contributed by atoms with Gasteiger partial charge in [-0.3, -0.25) is 13.4 Å². The van der Waals surface area contributed by atoms with Crippen LogP contribution in [-0.4, -0.2) is 55.7 Å². The lowest BCUT2D eigenvalue weighted by Gasteiger charge is -2.39. The molecule has 7 nitrogen and oxygen atoms in total. The first-order chi connectivity index (χ1) is 16.7. The molecule has 1 aliphatic heterocycles. The number of amides is 1. The molecule has 174 valence electrons. The SMILES string of the molecule is Cn1cc(-c2cc3c(N4CCN(C(=O)C5CCC5)CC4)ccnc3n2Sc2ccccc2)cn1. The maximum Gasteiger partial charge on any atom is 0.225 e. The molecule has 0 spiro atoms. The normalized spacial score (nSPS) is 16.7. The molecule has 0 unspecified atom stereocenters. The number of carbonyl (C=O) groups excluding carboxylic acids is 1. The van der Waals surface area contributed by atoms with E-state index in [4.69, 9.17) is 4.98 Å². The molecule has 1 saturated heterocycles. The van der Waals surface area contributed by atoms with Crippen LogP contribution < -0.4 is 4.90 Å². The Morgan fingerprint density at radius 3 is 2.53 bits per heavy atom. The molecular formula is C26H28N6OS. The topological polar surface area (TPSA) is 59.2 Å². The molecule has 1 aliphatic carbocycles. The number of pyridine rings is 1. The van der Waals surface area contributed by atoms with Gasteiger partial charge in [0.15, 0.2) is 5.65 Å². The molecule has 1 saturated carbocycles. The minimum Gasteiger partial charge on any atom is -0.367 e. The second-order valence-corrected chi connectivity index (χ2v) is 10.2. The lowest BCUT2D eigenvalue weighted by molar-refractivity contribution is -0.138. The summed E-state index contributed by atoms with van der Waals surface area (Å²) >= 11 is 1.67. The van der Waals surface area contributed by atoms with Gasteiger partial charge in [-0.15, -0.1) is 0 Å². The number of hydrogen-bond donors (Lipinski definition) is 0. The number of aromatic nitrogens is 4. The van der Waals surface area contributed by atoms with Gasteiger partial charge < -0.3 is 9.80 Å². The molecule has 0 N–H and O–H groups in total. The fourth-order valence-corrected chi connectivity index (χ4v) is 5.83. The molecular weight excluding hydrogens is 444 g/mol. The van der Waals surface area contributed by atoms with Crippen molar-refractivity contribution in [2.75, 3.05) is 31.1 Å². The smallest absolute Gasteiger partial charge is 0.225 e. The van der Waals surface area contributed by atoms with Gasteiger partial charge in [0.2, 0.25) is 5.91 Å². The Hall–Kier alpha value is -3.26. The summed E-state index contributed by atoms with van der Waals surface area (Å²) in [6.45, 7) is 3.26. The third-order valence-corrected chi connectivity index (χ3v) is 8.00. The highest BCUT2D eigenvalue weighted by Gasteiger charge is 2.31. The highest BCUT2D eigenvalue weighted by atomic mass is 32.2. The molecule has 1 aromatic carbocycles. The van der Waals surface area contributed by atoms with Gasteiger partial charge in [0.1, 0.15) is 0 Å². The van der Waals surface area contributed by atoms with Gasteiger partial charge in [-0.2, -0.15) is 5.10 Å². The van der Waals surface area contributed by atoms with Crippen LogP contribution in [0.25, 0.3) is 22.3 Å². The van der Waals surface area contributed by atoms with Crippen LogP contribution in [0.3, 0.4) is 0 Å². The summed E-state index contributed by atoms with van der Waals surface area (Å²) in [5.41, 5.74) is 4.26. The fourth-order valence-electron chi connectivity index (χ4n) is 4.85. The zero-order valence-corrected chi connectivity index (χ0v) is 20.1. The van der Waals surface area contributed by atoms with E-state index in [1.807, 2.05) is 36.4 Å². The lowest BCUT2D eigenvalue weighted by atomic mass is 9.84. The largest absolute Gasteiger partial charge is 0.367 e. The minimum absolute atomic E-state index is 0.269. The van der Waals surface area contributed by atoms with Gasteiger partial charge >= 0.3 is 0 Å². The van der Waals surface area contributed by atoms with E-state index >= 15 is 0 Å². The average molecular weight is 473 g/mol. The monoisotopic (exact) mass is 472 g/mol. The first kappa shape index (κ1) is 21.3. The molecule has 4 heterocycles. The summed E-state index contributed by atoms with van der Waals surface area (Å²) < 4.78 is 4.04. The molecule has 2 aliphatic rings. The van der Waals surface area contributed by atoms with Gasteiger partial charge in [0.05, 0.1) is 11.9 Å². The van der Waals surface area contributed by atoms with Crippen molar-refractivity contribution < 1.29 is 4.79 Å². The van der Waals surface area contributed by atoms with Crippen LogP contribution in [0.15, 0.2) is 66.0 Å². The Balaban J connectivity index is 1.34. The molecule has 6 rings (SSSR count). The third kappa shape index (κ3) is 3.86. The standard InChI is InChI=1S/C26H28N6OS/c1-29-18-20(17-28-29)24-16-22-23(30-12-14-31(15-13-30)26(33)19-6-5-7-19)10-11-27-25(22)32(24)34-21-8-3-2-4-9-21/h2-4,8-11,16-19H,5-7,12-15H2,1H3. The fraction of sp³-hybridized carbons (Fsp3) is 0.346. The predicted octanol–water partition coefficient (Wildman–Crippen LogP) is 4.44. The third-order valence-electron chi connectivity index (χ3n) is 6.97. The number of carbonyl (C=O) groups is 1. The van der Waals surface area contributed by atoms with Crippen molar-refractivity contribution in [3.63, 3.8) is 0 Å². The second kappa shape index (κ2) is 8.83. The molecule has 3 aromatic heterocycles. The molecule has 0 bridgehead atoms. The van der Waals surface area contributed by atoms with E-state index < -0.39 is 0 Å². The van der Waals surface area contributed by atoms with Crippen molar-refractivity contribution in [2.24, 2.45) is 13.0 Å². The van der Waals surface area contributed by atoms with Gasteiger partial charge in [-0.05, 0) is 49.1 Å². The summed E-state index contributed by atoms with van der Waals surface area (Å²) in [4.78, 5) is 23.1. The maximum atomic E-state index is 12.7. The summed E-state index contributed by atoms with van der Waals surface area (Å²) in [5, 5.41) is 5.53. The number of benzene rings is 1. The molecule has 8 heteroatoms. The lowest BCUT2D eigenvalue weighted by Crippen LogP contribution is -2.51. The van der Waals surface area contributed by atoms with Crippen molar-refractivity contribution in [1.82, 2.24) is 23.6 Å². The van der Waals surface area contributed by atoms with Crippen molar-refractivity contribution >= 4 is 34.6 Å². The van der Waals surface area contributed by atoms with E-state index in [-0.39, 0.29) is 5.92 Å². The Kier molecular flexibility index (Phi) is 5.53. The van der Waals surface area contributed by atoms with Gasteiger partial charge in [-0.25, -0.2) is 4.98 Å². The average Bonchev–Trinajstić information content (AvgIpc) is 3.42. The predicted molar refractivity (Wildman–Crippen MR) is 136 cm³/mol. The first-order valence-electron chi connectivity index (χ1n) is 11.9. The molecule has 1 amide bonds. The summed E-state index contributed by atoms with van der Waals surface area (Å²) in [6.07, 6.45) is 9.17. The Morgan fingerprint density at radius 1 is 1.06 bits per heavy atom. The van der Waals surface area contributed by atoms with Crippen LogP contribution in [0, 0.1) is 5.92 Å². The van der Waals surface area contributed by atoms with Gasteiger partial charge in [0, 0.05) is 73.1 Å². The van der Waals surface area contributed by atoms with Crippen LogP contribution in [-0.2, 0) is 11.8 Å². The van der Waals surface area contributed by atoms with E-state index in [0.29, 0.717) is 5.91 Å². The number of hydrogen-bond acceptors (Lipinski definition) is 5. The van der Waals surface area contributed by atoms with E-state index in [1.54, 1.807) is 11.9 Å². The van der Waals surface area contributed by atoms with Crippen molar-refractivity contribution in [3.8, 4) is 11.3 Å². The zero-order valence-electron chi connectivity index (χ0n) is 19.3. The van der Waals surface area contributed by atoms with Crippen LogP contribution in [0.4, 0.5) is 5.69 Å². The zero-order chi connectivity index (χ0) is 23.1. The number of aryl methyl sites for hydroxylation is 1. The summed E-state index contributed by atoms with van der Waals surface area (Å²) in [7, 11) is 1.94. The number of nitrogens with zero attached hydrogens (tertiary/aromatic N) is 6. The van der Waals surface area contributed by atoms with E-state index in [9.17, 15) is 4.79 Å². The maximum absolute atomic E-state index is 12.7. The minimum atomic E-state index is 0.269. The first-order valence-corrected chi connectivity index (χ1v) is 12.7. The summed E-state index contributed by atoms with van der Waals surface area (Å²) in [6, 6.07) is 14.7. The number of fused-ring (bicyclic) bond motifs is 1. The van der Waals surface area contributed by atoms with Crippen molar-refractivity contribution in [1.29, 1.82) is 0 Å². The van der Waals surface area contributed by atoms with Crippen LogP contribution >= 0.6 is 11.9 Å². The van der Waals surface area contributed by atoms with E-state index in [0.717, 1.165) is 66.2 Å². The number of anilines is 1. The van der Waals surface area contributed by atoms with Crippen molar-refractivity contribution in [3.05, 3.63) is 61.1 Å². The summed E-state index contributed by atoms with van der Waals surface area (Å²) in [5.74, 6) is 0.625. The number of piperazine rings is 1. The Labute approximate surface area is 203 Å². The van der Waals surface area contributed by atoms with Gasteiger partial charge in [-0.1, -0.05) is 24.6 Å². The highest BCUT2D eigenvalue weighted by Crippen LogP contribution is 2.38. The molecule has 2 fully saturated rings. The Bertz CT molecular complexity index is 1320. The Morgan fingerprint density at radius 2 is 1.85 bits per heavy atom. The number of rotatable bonds is 5. The second-order valence-electron chi connectivity index (χ2n) is 9.14. The molecule has 4 aromatic rings. The quantitative estimate of drug-likeness (QED) is 0.430. The van der Waals surface area contributed by atoms with Crippen LogP contribution in [0.5, 0.6) is 0 Å². The molecule has 34 heavy (non-hydrogen) atoms. The molecule has 0 atom stereocenters. The van der Waals surface area contributed by atoms with Crippen LogP contribution in [0.1, 0.15) is 19.3 Å². The van der Waals surface area contributed by atoms with Gasteiger partial charge in [0.25, 0.3) is 0 Å². The highest BCUT2D eigenvalue weighted by molar-refractivity contribution is 7.98.